The van der Waals surface area contributed by atoms with Crippen molar-refractivity contribution in [3.63, 3.8) is 0 Å². The Hall–Kier alpha value is -0.610. The predicted molar refractivity (Wildman–Crippen MR) is 64.6 cm³/mol. The molecule has 96 valence electrons. The zero-order valence-corrected chi connectivity index (χ0v) is 11.0. The van der Waals surface area contributed by atoms with Crippen molar-refractivity contribution >= 4 is 5.97 Å². The summed E-state index contributed by atoms with van der Waals surface area (Å²) >= 11 is 0. The molecule has 0 heterocycles. The van der Waals surface area contributed by atoms with Crippen LogP contribution < -0.4 is 5.32 Å². The molecule has 0 bridgehead atoms. The van der Waals surface area contributed by atoms with Crippen LogP contribution in [0.2, 0.25) is 0 Å². The number of hydrogen-bond donors (Lipinski definition) is 2. The van der Waals surface area contributed by atoms with E-state index in [1.54, 1.807) is 13.8 Å². The third kappa shape index (κ3) is 6.80. The summed E-state index contributed by atoms with van der Waals surface area (Å²) in [5, 5.41) is 12.2. The van der Waals surface area contributed by atoms with Gasteiger partial charge in [0.1, 0.15) is 0 Å². The molecular weight excluding hydrogens is 206 g/mol. The van der Waals surface area contributed by atoms with Crippen molar-refractivity contribution in [2.24, 2.45) is 5.41 Å². The van der Waals surface area contributed by atoms with Gasteiger partial charge in [0.25, 0.3) is 0 Å². The van der Waals surface area contributed by atoms with E-state index in [0.717, 1.165) is 0 Å². The number of rotatable bonds is 8. The number of ether oxygens (including phenoxy) is 1. The van der Waals surface area contributed by atoms with Crippen LogP contribution >= 0.6 is 0 Å². The van der Waals surface area contributed by atoms with Gasteiger partial charge >= 0.3 is 5.97 Å². The number of aliphatic carboxylic acids is 1. The fourth-order valence-corrected chi connectivity index (χ4v) is 1.13. The summed E-state index contributed by atoms with van der Waals surface area (Å²) in [6, 6.07) is 0.256. The molecule has 0 aliphatic heterocycles. The Balaban J connectivity index is 3.69. The van der Waals surface area contributed by atoms with Crippen LogP contribution in [0.3, 0.4) is 0 Å². The van der Waals surface area contributed by atoms with Crippen molar-refractivity contribution < 1.29 is 14.6 Å². The van der Waals surface area contributed by atoms with E-state index in [0.29, 0.717) is 19.6 Å². The van der Waals surface area contributed by atoms with Crippen molar-refractivity contribution in [2.45, 2.75) is 53.2 Å². The third-order valence-electron chi connectivity index (χ3n) is 2.50. The largest absolute Gasteiger partial charge is 0.481 e. The van der Waals surface area contributed by atoms with Crippen LogP contribution in [0.1, 0.15) is 41.0 Å². The third-order valence-corrected chi connectivity index (χ3v) is 2.50. The van der Waals surface area contributed by atoms with Crippen LogP contribution in [0.25, 0.3) is 0 Å². The molecule has 0 fully saturated rings. The van der Waals surface area contributed by atoms with Crippen molar-refractivity contribution in [3.8, 4) is 0 Å². The lowest BCUT2D eigenvalue weighted by molar-refractivity contribution is -0.147. The summed E-state index contributed by atoms with van der Waals surface area (Å²) in [5.41, 5.74) is -0.661. The number of carboxylic acid groups (broad SMARTS) is 1. The zero-order chi connectivity index (χ0) is 12.8. The van der Waals surface area contributed by atoms with E-state index in [1.807, 2.05) is 20.8 Å². The van der Waals surface area contributed by atoms with Gasteiger partial charge < -0.3 is 15.2 Å². The van der Waals surface area contributed by atoms with Gasteiger partial charge in [0.15, 0.2) is 0 Å². The predicted octanol–water partition coefficient (Wildman–Crippen LogP) is 1.89. The average Bonchev–Trinajstić information content (AvgIpc) is 2.14. The first-order chi connectivity index (χ1) is 7.25. The summed E-state index contributed by atoms with van der Waals surface area (Å²) < 4.78 is 5.45. The lowest BCUT2D eigenvalue weighted by atomic mass is 9.89. The standard InChI is InChI=1S/C12H25NO3/c1-9(2)16-8-10(3)13-7-6-12(4,5)11(14)15/h9-10,13H,6-8H2,1-5H3,(H,14,15). The molecule has 0 saturated heterocycles. The van der Waals surface area contributed by atoms with Gasteiger partial charge in [-0.25, -0.2) is 0 Å². The first-order valence-electron chi connectivity index (χ1n) is 5.84. The van der Waals surface area contributed by atoms with Crippen molar-refractivity contribution in [2.75, 3.05) is 13.2 Å². The summed E-state index contributed by atoms with van der Waals surface area (Å²) in [5.74, 6) is -0.750. The molecule has 0 aromatic heterocycles. The van der Waals surface area contributed by atoms with Crippen LogP contribution in [0.4, 0.5) is 0 Å². The first-order valence-corrected chi connectivity index (χ1v) is 5.84. The maximum Gasteiger partial charge on any atom is 0.309 e. The van der Waals surface area contributed by atoms with Crippen LogP contribution in [0.15, 0.2) is 0 Å². The second-order valence-corrected chi connectivity index (χ2v) is 5.18. The summed E-state index contributed by atoms with van der Waals surface area (Å²) in [6.07, 6.45) is 0.855. The Kier molecular flexibility index (Phi) is 6.60. The highest BCUT2D eigenvalue weighted by molar-refractivity contribution is 5.73. The van der Waals surface area contributed by atoms with Gasteiger partial charge in [-0.1, -0.05) is 0 Å². The van der Waals surface area contributed by atoms with Gasteiger partial charge in [-0.3, -0.25) is 4.79 Å². The molecule has 2 N–H and O–H groups in total. The molecule has 1 atom stereocenters. The Morgan fingerprint density at radius 2 is 1.94 bits per heavy atom. The second-order valence-electron chi connectivity index (χ2n) is 5.18. The van der Waals surface area contributed by atoms with Gasteiger partial charge in [0, 0.05) is 6.04 Å². The average molecular weight is 231 g/mol. The Morgan fingerprint density at radius 1 is 1.38 bits per heavy atom. The van der Waals surface area contributed by atoms with Gasteiger partial charge in [-0.2, -0.15) is 0 Å². The van der Waals surface area contributed by atoms with Gasteiger partial charge in [0.05, 0.1) is 18.1 Å². The molecule has 0 saturated carbocycles. The molecule has 16 heavy (non-hydrogen) atoms. The molecule has 0 rings (SSSR count). The fraction of sp³-hybridized carbons (Fsp3) is 0.917. The minimum absolute atomic E-state index is 0.236. The van der Waals surface area contributed by atoms with E-state index >= 15 is 0 Å². The number of hydrogen-bond acceptors (Lipinski definition) is 3. The smallest absolute Gasteiger partial charge is 0.309 e. The number of carboxylic acids is 1. The van der Waals surface area contributed by atoms with Crippen molar-refractivity contribution in [3.05, 3.63) is 0 Å². The highest BCUT2D eigenvalue weighted by atomic mass is 16.5. The molecular formula is C12H25NO3. The van der Waals surface area contributed by atoms with E-state index in [9.17, 15) is 4.79 Å². The van der Waals surface area contributed by atoms with E-state index in [-0.39, 0.29) is 12.1 Å². The number of nitrogens with one attached hydrogen (secondary N) is 1. The molecule has 0 aliphatic rings. The molecule has 1 unspecified atom stereocenters. The molecule has 0 aromatic carbocycles. The summed E-state index contributed by atoms with van der Waals surface area (Å²) in [4.78, 5) is 10.9. The molecule has 0 aromatic rings. The molecule has 0 aliphatic carbocycles. The van der Waals surface area contributed by atoms with Gasteiger partial charge in [0.2, 0.25) is 0 Å². The highest BCUT2D eigenvalue weighted by Gasteiger charge is 2.26. The maximum atomic E-state index is 10.9. The quantitative estimate of drug-likeness (QED) is 0.670. The zero-order valence-electron chi connectivity index (χ0n) is 11.0. The minimum atomic E-state index is -0.750. The Morgan fingerprint density at radius 3 is 2.38 bits per heavy atom. The SMILES string of the molecule is CC(COC(C)C)NCCC(C)(C)C(=O)O. The Bertz CT molecular complexity index is 214. The summed E-state index contributed by atoms with van der Waals surface area (Å²) in [6.45, 7) is 10.9. The molecule has 0 spiro atoms. The fourth-order valence-electron chi connectivity index (χ4n) is 1.13. The van der Waals surface area contributed by atoms with Crippen LogP contribution in [0.5, 0.6) is 0 Å². The lowest BCUT2D eigenvalue weighted by Crippen LogP contribution is -2.35. The van der Waals surface area contributed by atoms with E-state index in [1.165, 1.54) is 0 Å². The second kappa shape index (κ2) is 6.86. The van der Waals surface area contributed by atoms with Crippen LogP contribution in [0, 0.1) is 5.41 Å². The van der Waals surface area contributed by atoms with Gasteiger partial charge in [-0.15, -0.1) is 0 Å². The van der Waals surface area contributed by atoms with Crippen molar-refractivity contribution in [1.29, 1.82) is 0 Å². The molecule has 0 amide bonds. The summed E-state index contributed by atoms with van der Waals surface area (Å²) in [7, 11) is 0. The molecule has 4 nitrogen and oxygen atoms in total. The van der Waals surface area contributed by atoms with E-state index in [2.05, 4.69) is 5.32 Å². The van der Waals surface area contributed by atoms with E-state index in [4.69, 9.17) is 9.84 Å². The number of carbonyl (C=O) groups is 1. The van der Waals surface area contributed by atoms with Crippen LogP contribution in [-0.4, -0.2) is 36.4 Å². The monoisotopic (exact) mass is 231 g/mol. The Labute approximate surface area is 98.4 Å². The highest BCUT2D eigenvalue weighted by Crippen LogP contribution is 2.19. The minimum Gasteiger partial charge on any atom is -0.481 e. The molecule has 4 heteroatoms. The lowest BCUT2D eigenvalue weighted by Gasteiger charge is -2.21. The molecule has 0 radical (unpaired) electrons. The normalized spacial score (nSPS) is 14.1. The maximum absolute atomic E-state index is 10.9. The van der Waals surface area contributed by atoms with Crippen molar-refractivity contribution in [1.82, 2.24) is 5.32 Å². The van der Waals surface area contributed by atoms with Gasteiger partial charge in [-0.05, 0) is 47.6 Å². The first kappa shape index (κ1) is 15.4. The van der Waals surface area contributed by atoms with Crippen LogP contribution in [-0.2, 0) is 9.53 Å². The topological polar surface area (TPSA) is 58.6 Å². The van der Waals surface area contributed by atoms with E-state index < -0.39 is 11.4 Å².